The van der Waals surface area contributed by atoms with Crippen molar-refractivity contribution >= 4 is 17.3 Å². The molecule has 23 heavy (non-hydrogen) atoms. The van der Waals surface area contributed by atoms with E-state index in [1.165, 1.54) is 12.3 Å². The molecule has 0 bridgehead atoms. The first-order valence-electron chi connectivity index (χ1n) is 7.47. The summed E-state index contributed by atoms with van der Waals surface area (Å²) in [5, 5.41) is 5.77. The van der Waals surface area contributed by atoms with Gasteiger partial charge in [0.25, 0.3) is 5.91 Å². The predicted octanol–water partition coefficient (Wildman–Crippen LogP) is 2.65. The van der Waals surface area contributed by atoms with Gasteiger partial charge in [-0.3, -0.25) is 9.78 Å². The van der Waals surface area contributed by atoms with Crippen molar-refractivity contribution in [3.63, 3.8) is 0 Å². The van der Waals surface area contributed by atoms with E-state index in [0.717, 1.165) is 13.0 Å². The van der Waals surface area contributed by atoms with Gasteiger partial charge in [0.2, 0.25) is 0 Å². The van der Waals surface area contributed by atoms with Crippen molar-refractivity contribution in [3.05, 3.63) is 54.1 Å². The van der Waals surface area contributed by atoms with Gasteiger partial charge in [0.05, 0.1) is 5.69 Å². The zero-order chi connectivity index (χ0) is 16.7. The van der Waals surface area contributed by atoms with E-state index in [0.29, 0.717) is 23.6 Å². The molecule has 1 amide bonds. The highest BCUT2D eigenvalue weighted by Crippen LogP contribution is 2.19. The molecule has 0 aliphatic rings. The molecule has 2 aromatic rings. The number of pyridine rings is 1. The highest BCUT2D eigenvalue weighted by atomic mass is 19.1. The Labute approximate surface area is 135 Å². The van der Waals surface area contributed by atoms with Crippen molar-refractivity contribution in [1.29, 1.82) is 0 Å². The van der Waals surface area contributed by atoms with Crippen LogP contribution in [0.5, 0.6) is 0 Å². The lowest BCUT2D eigenvalue weighted by molar-refractivity contribution is 0.0947. The van der Waals surface area contributed by atoms with E-state index >= 15 is 0 Å². The van der Waals surface area contributed by atoms with Gasteiger partial charge in [0, 0.05) is 18.4 Å². The van der Waals surface area contributed by atoms with E-state index in [1.807, 2.05) is 14.1 Å². The number of hydrogen-bond acceptors (Lipinski definition) is 4. The number of carbonyl (C=O) groups is 1. The second kappa shape index (κ2) is 8.24. The lowest BCUT2D eigenvalue weighted by atomic mass is 10.2. The third kappa shape index (κ3) is 5.34. The Balaban J connectivity index is 1.96. The van der Waals surface area contributed by atoms with Gasteiger partial charge in [-0.1, -0.05) is 12.1 Å². The third-order valence-electron chi connectivity index (χ3n) is 3.21. The monoisotopic (exact) mass is 316 g/mol. The lowest BCUT2D eigenvalue weighted by Crippen LogP contribution is -2.27. The summed E-state index contributed by atoms with van der Waals surface area (Å²) in [6, 6.07) is 9.67. The molecule has 0 saturated heterocycles. The Morgan fingerprint density at radius 1 is 1.26 bits per heavy atom. The van der Waals surface area contributed by atoms with E-state index in [4.69, 9.17) is 0 Å². The summed E-state index contributed by atoms with van der Waals surface area (Å²) in [6.45, 7) is 1.49. The van der Waals surface area contributed by atoms with Gasteiger partial charge in [-0.2, -0.15) is 0 Å². The van der Waals surface area contributed by atoms with Crippen LogP contribution in [-0.2, 0) is 0 Å². The molecule has 2 rings (SSSR count). The molecule has 0 saturated carbocycles. The van der Waals surface area contributed by atoms with Gasteiger partial charge < -0.3 is 15.5 Å². The Morgan fingerprint density at radius 2 is 2.04 bits per heavy atom. The number of anilines is 2. The van der Waals surface area contributed by atoms with Crippen LogP contribution in [0, 0.1) is 5.82 Å². The smallest absolute Gasteiger partial charge is 0.269 e. The fourth-order valence-corrected chi connectivity index (χ4v) is 2.04. The molecule has 0 unspecified atom stereocenters. The topological polar surface area (TPSA) is 57.3 Å². The second-order valence-corrected chi connectivity index (χ2v) is 5.45. The summed E-state index contributed by atoms with van der Waals surface area (Å²) in [4.78, 5) is 18.2. The Hall–Kier alpha value is -2.47. The normalized spacial score (nSPS) is 10.6. The first kappa shape index (κ1) is 16.9. The van der Waals surface area contributed by atoms with E-state index in [2.05, 4.69) is 20.5 Å². The molecule has 1 heterocycles. The summed E-state index contributed by atoms with van der Waals surface area (Å²) in [6.07, 6.45) is 2.39. The molecule has 0 aliphatic carbocycles. The highest BCUT2D eigenvalue weighted by Gasteiger charge is 2.08. The average Bonchev–Trinajstić information content (AvgIpc) is 2.54. The van der Waals surface area contributed by atoms with Gasteiger partial charge in [0.1, 0.15) is 11.5 Å². The number of amides is 1. The summed E-state index contributed by atoms with van der Waals surface area (Å²) < 4.78 is 13.6. The number of nitrogens with one attached hydrogen (secondary N) is 2. The van der Waals surface area contributed by atoms with Gasteiger partial charge in [-0.15, -0.1) is 0 Å². The summed E-state index contributed by atoms with van der Waals surface area (Å²) in [5.74, 6) is -0.583. The van der Waals surface area contributed by atoms with E-state index < -0.39 is 0 Å². The zero-order valence-corrected chi connectivity index (χ0v) is 13.3. The molecule has 1 aromatic heterocycles. The van der Waals surface area contributed by atoms with Crippen molar-refractivity contribution in [2.45, 2.75) is 6.42 Å². The number of aromatic nitrogens is 1. The van der Waals surface area contributed by atoms with Crippen LogP contribution < -0.4 is 10.6 Å². The molecular weight excluding hydrogens is 295 g/mol. The standard InChI is InChI=1S/C17H21FN4O/c1-22(2)11-5-9-20-17(23)16-12-13(8-10-19-16)21-15-7-4-3-6-14(15)18/h3-4,6-8,10,12H,5,9,11H2,1-2H3,(H,19,21)(H,20,23). The van der Waals surface area contributed by atoms with Crippen LogP contribution in [-0.4, -0.2) is 43.0 Å². The van der Waals surface area contributed by atoms with Crippen LogP contribution in [0.2, 0.25) is 0 Å². The van der Waals surface area contributed by atoms with Gasteiger partial charge in [0.15, 0.2) is 0 Å². The minimum atomic E-state index is -0.348. The second-order valence-electron chi connectivity index (χ2n) is 5.45. The van der Waals surface area contributed by atoms with Crippen molar-refractivity contribution in [3.8, 4) is 0 Å². The minimum Gasteiger partial charge on any atom is -0.353 e. The molecular formula is C17H21FN4O. The van der Waals surface area contributed by atoms with E-state index in [-0.39, 0.29) is 11.7 Å². The van der Waals surface area contributed by atoms with Crippen LogP contribution in [0.1, 0.15) is 16.9 Å². The highest BCUT2D eigenvalue weighted by molar-refractivity contribution is 5.93. The number of nitrogens with zero attached hydrogens (tertiary/aromatic N) is 2. The van der Waals surface area contributed by atoms with Crippen molar-refractivity contribution in [2.24, 2.45) is 0 Å². The van der Waals surface area contributed by atoms with E-state index in [1.54, 1.807) is 30.3 Å². The maximum absolute atomic E-state index is 13.6. The quantitative estimate of drug-likeness (QED) is 0.771. The van der Waals surface area contributed by atoms with Crippen LogP contribution in [0.25, 0.3) is 0 Å². The largest absolute Gasteiger partial charge is 0.353 e. The first-order valence-corrected chi connectivity index (χ1v) is 7.47. The van der Waals surface area contributed by atoms with Crippen LogP contribution in [0.3, 0.4) is 0 Å². The number of rotatable bonds is 7. The first-order chi connectivity index (χ1) is 11.1. The van der Waals surface area contributed by atoms with E-state index in [9.17, 15) is 9.18 Å². The number of para-hydroxylation sites is 1. The zero-order valence-electron chi connectivity index (χ0n) is 13.3. The Morgan fingerprint density at radius 3 is 2.78 bits per heavy atom. The Kier molecular flexibility index (Phi) is 6.05. The summed E-state index contributed by atoms with van der Waals surface area (Å²) >= 11 is 0. The molecule has 0 radical (unpaired) electrons. The number of carbonyl (C=O) groups excluding carboxylic acids is 1. The van der Waals surface area contributed by atoms with Crippen molar-refractivity contribution in [2.75, 3.05) is 32.5 Å². The number of benzene rings is 1. The average molecular weight is 316 g/mol. The molecule has 2 N–H and O–H groups in total. The lowest BCUT2D eigenvalue weighted by Gasteiger charge is -2.11. The molecule has 5 nitrogen and oxygen atoms in total. The van der Waals surface area contributed by atoms with Gasteiger partial charge >= 0.3 is 0 Å². The van der Waals surface area contributed by atoms with Crippen LogP contribution in [0.15, 0.2) is 42.6 Å². The maximum atomic E-state index is 13.6. The maximum Gasteiger partial charge on any atom is 0.269 e. The van der Waals surface area contributed by atoms with Crippen LogP contribution >= 0.6 is 0 Å². The summed E-state index contributed by atoms with van der Waals surface area (Å²) in [5.41, 5.74) is 1.27. The summed E-state index contributed by atoms with van der Waals surface area (Å²) in [7, 11) is 3.97. The molecule has 1 aromatic carbocycles. The fourth-order valence-electron chi connectivity index (χ4n) is 2.04. The molecule has 6 heteroatoms. The number of halogens is 1. The van der Waals surface area contributed by atoms with Crippen molar-refractivity contribution < 1.29 is 9.18 Å². The fraction of sp³-hybridized carbons (Fsp3) is 0.294. The molecule has 0 aliphatic heterocycles. The Bertz CT molecular complexity index is 661. The molecule has 0 fully saturated rings. The van der Waals surface area contributed by atoms with Crippen LogP contribution in [0.4, 0.5) is 15.8 Å². The van der Waals surface area contributed by atoms with Gasteiger partial charge in [-0.05, 0) is 51.3 Å². The third-order valence-corrected chi connectivity index (χ3v) is 3.21. The minimum absolute atomic E-state index is 0.235. The van der Waals surface area contributed by atoms with Crippen molar-refractivity contribution in [1.82, 2.24) is 15.2 Å². The number of hydrogen-bond donors (Lipinski definition) is 2. The molecule has 0 spiro atoms. The van der Waals surface area contributed by atoms with Gasteiger partial charge in [-0.25, -0.2) is 4.39 Å². The predicted molar refractivity (Wildman–Crippen MR) is 89.4 cm³/mol. The SMILES string of the molecule is CN(C)CCCNC(=O)c1cc(Nc2ccccc2F)ccn1. The molecule has 122 valence electrons. The molecule has 0 atom stereocenters.